The number of sulfonamides is 1. The Hall–Kier alpha value is -2.45. The van der Waals surface area contributed by atoms with Crippen molar-refractivity contribution in [2.45, 2.75) is 24.8 Å². The fourth-order valence-electron chi connectivity index (χ4n) is 2.14. The van der Waals surface area contributed by atoms with Crippen LogP contribution in [-0.2, 0) is 19.6 Å². The minimum Gasteiger partial charge on any atom is -0.490 e. The highest BCUT2D eigenvalue weighted by molar-refractivity contribution is 7.89. The highest BCUT2D eigenvalue weighted by atomic mass is 32.2. The Bertz CT molecular complexity index is 869. The van der Waals surface area contributed by atoms with Gasteiger partial charge in [0, 0.05) is 0 Å². The maximum atomic E-state index is 13.6. The average molecular weight is 381 g/mol. The van der Waals surface area contributed by atoms with Crippen molar-refractivity contribution in [3.63, 3.8) is 0 Å². The number of rotatable bonds is 8. The van der Waals surface area contributed by atoms with Crippen molar-refractivity contribution < 1.29 is 27.1 Å². The zero-order valence-electron chi connectivity index (χ0n) is 14.4. The molecule has 8 heteroatoms. The molecule has 0 aromatic heterocycles. The van der Waals surface area contributed by atoms with Gasteiger partial charge in [0.05, 0.1) is 0 Å². The Morgan fingerprint density at radius 1 is 1.15 bits per heavy atom. The number of halogens is 1. The van der Waals surface area contributed by atoms with Gasteiger partial charge in [-0.25, -0.2) is 12.8 Å². The van der Waals surface area contributed by atoms with E-state index in [0.29, 0.717) is 5.75 Å². The van der Waals surface area contributed by atoms with Crippen LogP contribution in [0.5, 0.6) is 5.75 Å². The SMILES string of the molecule is Cc1cccc(OCCOC(=O)[C@H](C)NS(=O)(=O)c2ccccc2F)c1. The summed E-state index contributed by atoms with van der Waals surface area (Å²) >= 11 is 0. The van der Waals surface area contributed by atoms with Crippen LogP contribution in [0.1, 0.15) is 12.5 Å². The molecule has 0 amide bonds. The predicted octanol–water partition coefficient (Wildman–Crippen LogP) is 2.42. The first-order valence-corrected chi connectivity index (χ1v) is 9.41. The lowest BCUT2D eigenvalue weighted by atomic mass is 10.2. The van der Waals surface area contributed by atoms with E-state index < -0.39 is 32.7 Å². The van der Waals surface area contributed by atoms with Crippen LogP contribution in [0.25, 0.3) is 0 Å². The standard InChI is InChI=1S/C18H20FNO5S/c1-13-6-5-7-15(12-13)24-10-11-25-18(21)14(2)20-26(22,23)17-9-4-3-8-16(17)19/h3-9,12,14,20H,10-11H2,1-2H3/t14-/m0/s1. The predicted molar refractivity (Wildman–Crippen MR) is 93.8 cm³/mol. The van der Waals surface area contributed by atoms with E-state index in [1.54, 1.807) is 6.07 Å². The van der Waals surface area contributed by atoms with Gasteiger partial charge in [-0.2, -0.15) is 4.72 Å². The van der Waals surface area contributed by atoms with Crippen molar-refractivity contribution in [2.75, 3.05) is 13.2 Å². The molecule has 26 heavy (non-hydrogen) atoms. The van der Waals surface area contributed by atoms with Crippen molar-refractivity contribution in [3.8, 4) is 5.75 Å². The highest BCUT2D eigenvalue weighted by Gasteiger charge is 2.25. The van der Waals surface area contributed by atoms with Crippen LogP contribution in [0.15, 0.2) is 53.4 Å². The van der Waals surface area contributed by atoms with Crippen LogP contribution < -0.4 is 9.46 Å². The Labute approximate surface area is 152 Å². The van der Waals surface area contributed by atoms with Crippen LogP contribution in [-0.4, -0.2) is 33.6 Å². The summed E-state index contributed by atoms with van der Waals surface area (Å²) in [5.41, 5.74) is 1.04. The maximum absolute atomic E-state index is 13.6. The summed E-state index contributed by atoms with van der Waals surface area (Å²) in [5, 5.41) is 0. The monoisotopic (exact) mass is 381 g/mol. The van der Waals surface area contributed by atoms with E-state index in [0.717, 1.165) is 17.7 Å². The summed E-state index contributed by atoms with van der Waals surface area (Å²) < 4.78 is 50.4. The second kappa shape index (κ2) is 8.77. The van der Waals surface area contributed by atoms with Gasteiger partial charge in [0.25, 0.3) is 0 Å². The van der Waals surface area contributed by atoms with Crippen molar-refractivity contribution in [1.82, 2.24) is 4.72 Å². The number of nitrogens with one attached hydrogen (secondary N) is 1. The van der Waals surface area contributed by atoms with Crippen molar-refractivity contribution >= 4 is 16.0 Å². The van der Waals surface area contributed by atoms with Gasteiger partial charge in [0.2, 0.25) is 10.0 Å². The number of hydrogen-bond donors (Lipinski definition) is 1. The van der Waals surface area contributed by atoms with Crippen molar-refractivity contribution in [1.29, 1.82) is 0 Å². The lowest BCUT2D eigenvalue weighted by Crippen LogP contribution is -2.40. The third kappa shape index (κ3) is 5.53. The summed E-state index contributed by atoms with van der Waals surface area (Å²) in [7, 11) is -4.17. The normalized spacial score (nSPS) is 12.4. The summed E-state index contributed by atoms with van der Waals surface area (Å²) in [6, 6.07) is 11.1. The molecule has 0 saturated carbocycles. The number of aryl methyl sites for hydroxylation is 1. The minimum absolute atomic E-state index is 0.0431. The molecule has 2 aromatic carbocycles. The zero-order valence-corrected chi connectivity index (χ0v) is 15.3. The molecule has 0 unspecified atom stereocenters. The smallest absolute Gasteiger partial charge is 0.324 e. The molecule has 0 bridgehead atoms. The number of esters is 1. The van der Waals surface area contributed by atoms with Gasteiger partial charge in [-0.1, -0.05) is 24.3 Å². The van der Waals surface area contributed by atoms with Crippen molar-refractivity contribution in [3.05, 3.63) is 59.9 Å². The molecule has 0 saturated heterocycles. The minimum atomic E-state index is -4.17. The number of benzene rings is 2. The molecule has 2 aromatic rings. The topological polar surface area (TPSA) is 81.7 Å². The fraction of sp³-hybridized carbons (Fsp3) is 0.278. The number of hydrogen-bond acceptors (Lipinski definition) is 5. The Morgan fingerprint density at radius 2 is 1.88 bits per heavy atom. The molecule has 2 rings (SSSR count). The van der Waals surface area contributed by atoms with Crippen LogP contribution in [0.3, 0.4) is 0 Å². The van der Waals surface area contributed by atoms with Crippen LogP contribution in [0.2, 0.25) is 0 Å². The molecule has 6 nitrogen and oxygen atoms in total. The lowest BCUT2D eigenvalue weighted by molar-refractivity contribution is -0.145. The second-order valence-electron chi connectivity index (χ2n) is 5.61. The number of ether oxygens (including phenoxy) is 2. The summed E-state index contributed by atoms with van der Waals surface area (Å²) in [6.07, 6.45) is 0. The van der Waals surface area contributed by atoms with Gasteiger partial charge in [-0.3, -0.25) is 4.79 Å². The van der Waals surface area contributed by atoms with Crippen molar-refractivity contribution in [2.24, 2.45) is 0 Å². The van der Waals surface area contributed by atoms with Gasteiger partial charge < -0.3 is 9.47 Å². The van der Waals surface area contributed by atoms with E-state index in [-0.39, 0.29) is 13.2 Å². The molecule has 0 heterocycles. The van der Waals surface area contributed by atoms with E-state index >= 15 is 0 Å². The molecular weight excluding hydrogens is 361 g/mol. The van der Waals surface area contributed by atoms with E-state index in [4.69, 9.17) is 9.47 Å². The highest BCUT2D eigenvalue weighted by Crippen LogP contribution is 2.14. The Kier molecular flexibility index (Phi) is 6.70. The van der Waals surface area contributed by atoms with Gasteiger partial charge in [0.15, 0.2) is 0 Å². The van der Waals surface area contributed by atoms with E-state index in [1.165, 1.54) is 19.1 Å². The first-order valence-electron chi connectivity index (χ1n) is 7.92. The molecule has 1 atom stereocenters. The lowest BCUT2D eigenvalue weighted by Gasteiger charge is -2.14. The van der Waals surface area contributed by atoms with Crippen LogP contribution in [0, 0.1) is 12.7 Å². The maximum Gasteiger partial charge on any atom is 0.324 e. The first kappa shape index (κ1) is 19.9. The zero-order chi connectivity index (χ0) is 19.2. The van der Waals surface area contributed by atoms with Gasteiger partial charge in [0.1, 0.15) is 35.7 Å². The van der Waals surface area contributed by atoms with Gasteiger partial charge in [-0.05, 0) is 43.7 Å². The van der Waals surface area contributed by atoms with Gasteiger partial charge in [-0.15, -0.1) is 0 Å². The molecule has 0 fully saturated rings. The Morgan fingerprint density at radius 3 is 2.58 bits per heavy atom. The molecule has 0 aliphatic carbocycles. The quantitative estimate of drug-likeness (QED) is 0.561. The number of carbonyl (C=O) groups is 1. The van der Waals surface area contributed by atoms with Gasteiger partial charge >= 0.3 is 5.97 Å². The number of carbonyl (C=O) groups excluding carboxylic acids is 1. The third-order valence-corrected chi connectivity index (χ3v) is 4.97. The third-order valence-electron chi connectivity index (χ3n) is 3.40. The molecule has 140 valence electrons. The molecular formula is C18H20FNO5S. The van der Waals surface area contributed by atoms with Crippen LogP contribution >= 0.6 is 0 Å². The van der Waals surface area contributed by atoms with Crippen LogP contribution in [0.4, 0.5) is 4.39 Å². The summed E-state index contributed by atoms with van der Waals surface area (Å²) in [6.45, 7) is 3.33. The Balaban J connectivity index is 1.83. The van der Waals surface area contributed by atoms with E-state index in [1.807, 2.05) is 25.1 Å². The molecule has 0 aliphatic heterocycles. The fourth-order valence-corrected chi connectivity index (χ4v) is 3.41. The molecule has 1 N–H and O–H groups in total. The average Bonchev–Trinajstić information content (AvgIpc) is 2.58. The first-order chi connectivity index (χ1) is 12.3. The largest absolute Gasteiger partial charge is 0.490 e. The molecule has 0 aliphatic rings. The molecule has 0 radical (unpaired) electrons. The summed E-state index contributed by atoms with van der Waals surface area (Å²) in [5.74, 6) is -1.03. The van der Waals surface area contributed by atoms with E-state index in [9.17, 15) is 17.6 Å². The molecule has 0 spiro atoms. The second-order valence-corrected chi connectivity index (χ2v) is 7.29. The van der Waals surface area contributed by atoms with E-state index in [2.05, 4.69) is 4.72 Å². The summed E-state index contributed by atoms with van der Waals surface area (Å²) in [4.78, 5) is 11.4.